The van der Waals surface area contributed by atoms with Crippen molar-refractivity contribution in [1.82, 2.24) is 5.06 Å². The van der Waals surface area contributed by atoms with Gasteiger partial charge in [-0.3, -0.25) is 4.84 Å². The molecule has 3 heteroatoms. The predicted octanol–water partition coefficient (Wildman–Crippen LogP) is 1.13. The summed E-state index contributed by atoms with van der Waals surface area (Å²) in [5.41, 5.74) is -0.533. The zero-order chi connectivity index (χ0) is 8.60. The van der Waals surface area contributed by atoms with E-state index < -0.39 is 5.60 Å². The van der Waals surface area contributed by atoms with Crippen molar-refractivity contribution in [3.05, 3.63) is 0 Å². The zero-order valence-corrected chi connectivity index (χ0v) is 7.45. The van der Waals surface area contributed by atoms with Crippen molar-refractivity contribution < 1.29 is 9.63 Å². The number of hydroxylamine groups is 2. The maximum Gasteiger partial charge on any atom is 0.153 e. The molecule has 0 unspecified atom stereocenters. The SMILES string of the molecule is C[C@@]1(C=O)C[C@@H]2CCCCN2O1. The fourth-order valence-electron chi connectivity index (χ4n) is 2.14. The molecule has 0 radical (unpaired) electrons. The van der Waals surface area contributed by atoms with Gasteiger partial charge in [0, 0.05) is 19.0 Å². The van der Waals surface area contributed by atoms with Crippen LogP contribution in [-0.2, 0) is 9.63 Å². The minimum atomic E-state index is -0.533. The largest absolute Gasteiger partial charge is 0.300 e. The topological polar surface area (TPSA) is 29.5 Å². The molecule has 2 aliphatic heterocycles. The summed E-state index contributed by atoms with van der Waals surface area (Å²) in [4.78, 5) is 16.3. The van der Waals surface area contributed by atoms with Gasteiger partial charge in [-0.15, -0.1) is 0 Å². The summed E-state index contributed by atoms with van der Waals surface area (Å²) >= 11 is 0. The highest BCUT2D eigenvalue weighted by Crippen LogP contribution is 2.34. The molecule has 2 fully saturated rings. The van der Waals surface area contributed by atoms with Crippen molar-refractivity contribution in [2.75, 3.05) is 6.54 Å². The quantitative estimate of drug-likeness (QED) is 0.551. The van der Waals surface area contributed by atoms with E-state index in [1.54, 1.807) is 0 Å². The first-order valence-electron chi connectivity index (χ1n) is 4.66. The molecule has 0 aromatic rings. The fourth-order valence-corrected chi connectivity index (χ4v) is 2.14. The molecule has 0 saturated carbocycles. The Morgan fingerprint density at radius 2 is 2.42 bits per heavy atom. The molecule has 0 bridgehead atoms. The third kappa shape index (κ3) is 1.27. The van der Waals surface area contributed by atoms with E-state index in [4.69, 9.17) is 4.84 Å². The maximum absolute atomic E-state index is 10.7. The zero-order valence-electron chi connectivity index (χ0n) is 7.45. The summed E-state index contributed by atoms with van der Waals surface area (Å²) in [6.07, 6.45) is 5.47. The summed E-state index contributed by atoms with van der Waals surface area (Å²) < 4.78 is 0. The van der Waals surface area contributed by atoms with Gasteiger partial charge in [-0.25, -0.2) is 0 Å². The van der Waals surface area contributed by atoms with Gasteiger partial charge in [0.25, 0.3) is 0 Å². The van der Waals surface area contributed by atoms with Gasteiger partial charge in [-0.1, -0.05) is 6.42 Å². The first-order chi connectivity index (χ1) is 5.73. The number of rotatable bonds is 1. The molecule has 2 rings (SSSR count). The van der Waals surface area contributed by atoms with E-state index in [1.807, 2.05) is 12.0 Å². The van der Waals surface area contributed by atoms with Crippen LogP contribution >= 0.6 is 0 Å². The Morgan fingerprint density at radius 1 is 1.58 bits per heavy atom. The summed E-state index contributed by atoms with van der Waals surface area (Å²) in [6, 6.07) is 0.494. The van der Waals surface area contributed by atoms with Crippen molar-refractivity contribution in [2.24, 2.45) is 0 Å². The van der Waals surface area contributed by atoms with E-state index in [9.17, 15) is 4.79 Å². The lowest BCUT2D eigenvalue weighted by atomic mass is 9.95. The van der Waals surface area contributed by atoms with Gasteiger partial charge in [0.05, 0.1) is 0 Å². The van der Waals surface area contributed by atoms with Crippen LogP contribution in [0, 0.1) is 0 Å². The van der Waals surface area contributed by atoms with E-state index in [0.717, 1.165) is 19.3 Å². The first-order valence-corrected chi connectivity index (χ1v) is 4.66. The molecular formula is C9H15NO2. The Labute approximate surface area is 72.6 Å². The van der Waals surface area contributed by atoms with Crippen LogP contribution in [0.3, 0.4) is 0 Å². The Morgan fingerprint density at radius 3 is 3.08 bits per heavy atom. The van der Waals surface area contributed by atoms with Crippen LogP contribution in [0.25, 0.3) is 0 Å². The molecule has 0 aromatic carbocycles. The molecule has 3 nitrogen and oxygen atoms in total. The molecule has 2 heterocycles. The Bertz CT molecular complexity index is 179. The molecule has 68 valence electrons. The highest BCUT2D eigenvalue weighted by Gasteiger charge is 2.42. The van der Waals surface area contributed by atoms with Gasteiger partial charge in [-0.05, 0) is 19.8 Å². The minimum Gasteiger partial charge on any atom is -0.300 e. The molecular weight excluding hydrogens is 154 g/mol. The molecule has 2 atom stereocenters. The molecule has 2 aliphatic rings. The normalized spacial score (nSPS) is 42.6. The van der Waals surface area contributed by atoms with Gasteiger partial charge < -0.3 is 4.79 Å². The van der Waals surface area contributed by atoms with Gasteiger partial charge >= 0.3 is 0 Å². The molecule has 0 aromatic heterocycles. The lowest BCUT2D eigenvalue weighted by Gasteiger charge is -2.27. The van der Waals surface area contributed by atoms with Crippen LogP contribution in [0.4, 0.5) is 0 Å². The first kappa shape index (κ1) is 8.20. The summed E-state index contributed by atoms with van der Waals surface area (Å²) in [7, 11) is 0. The van der Waals surface area contributed by atoms with Crippen LogP contribution < -0.4 is 0 Å². The van der Waals surface area contributed by atoms with Crippen molar-refractivity contribution >= 4 is 6.29 Å². The van der Waals surface area contributed by atoms with E-state index >= 15 is 0 Å². The van der Waals surface area contributed by atoms with E-state index in [2.05, 4.69) is 0 Å². The highest BCUT2D eigenvalue weighted by atomic mass is 16.7. The molecule has 0 amide bonds. The van der Waals surface area contributed by atoms with Crippen LogP contribution in [0.5, 0.6) is 0 Å². The van der Waals surface area contributed by atoms with Gasteiger partial charge in [0.1, 0.15) is 5.60 Å². The van der Waals surface area contributed by atoms with Gasteiger partial charge in [-0.2, -0.15) is 5.06 Å². The number of hydrogen-bond donors (Lipinski definition) is 0. The smallest absolute Gasteiger partial charge is 0.153 e. The van der Waals surface area contributed by atoms with Crippen molar-refractivity contribution in [3.8, 4) is 0 Å². The Hall–Kier alpha value is -0.410. The second-order valence-corrected chi connectivity index (χ2v) is 4.02. The average molecular weight is 169 g/mol. The Kier molecular flexibility index (Phi) is 1.93. The number of hydrogen-bond acceptors (Lipinski definition) is 3. The molecule has 12 heavy (non-hydrogen) atoms. The second kappa shape index (κ2) is 2.82. The molecule has 2 saturated heterocycles. The summed E-state index contributed by atoms with van der Waals surface area (Å²) in [5, 5.41) is 2.00. The number of aldehydes is 1. The lowest BCUT2D eigenvalue weighted by molar-refractivity contribution is -0.200. The predicted molar refractivity (Wildman–Crippen MR) is 44.5 cm³/mol. The number of fused-ring (bicyclic) bond motifs is 1. The van der Waals surface area contributed by atoms with Gasteiger partial charge in [0.15, 0.2) is 6.29 Å². The number of piperidine rings is 1. The van der Waals surface area contributed by atoms with Crippen LogP contribution in [-0.4, -0.2) is 29.5 Å². The van der Waals surface area contributed by atoms with E-state index in [1.165, 1.54) is 19.3 Å². The molecule has 0 aliphatic carbocycles. The highest BCUT2D eigenvalue weighted by molar-refractivity contribution is 5.62. The number of carbonyl (C=O) groups excluding carboxylic acids is 1. The van der Waals surface area contributed by atoms with Crippen molar-refractivity contribution in [2.45, 2.75) is 44.2 Å². The van der Waals surface area contributed by atoms with Crippen LogP contribution in [0.15, 0.2) is 0 Å². The van der Waals surface area contributed by atoms with Crippen molar-refractivity contribution in [3.63, 3.8) is 0 Å². The number of nitrogens with zero attached hydrogens (tertiary/aromatic N) is 1. The molecule has 0 spiro atoms. The second-order valence-electron chi connectivity index (χ2n) is 4.02. The van der Waals surface area contributed by atoms with Crippen molar-refractivity contribution in [1.29, 1.82) is 0 Å². The van der Waals surface area contributed by atoms with Gasteiger partial charge in [0.2, 0.25) is 0 Å². The summed E-state index contributed by atoms with van der Waals surface area (Å²) in [6.45, 7) is 2.87. The van der Waals surface area contributed by atoms with Crippen LogP contribution in [0.2, 0.25) is 0 Å². The maximum atomic E-state index is 10.7. The monoisotopic (exact) mass is 169 g/mol. The Balaban J connectivity index is 2.07. The standard InChI is InChI=1S/C9H15NO2/c1-9(7-11)6-8-4-2-3-5-10(8)12-9/h7-8H,2-6H2,1H3/t8-,9-/m0/s1. The fraction of sp³-hybridized carbons (Fsp3) is 0.889. The average Bonchev–Trinajstić information content (AvgIpc) is 2.42. The summed E-state index contributed by atoms with van der Waals surface area (Å²) in [5.74, 6) is 0. The third-order valence-corrected chi connectivity index (χ3v) is 2.79. The third-order valence-electron chi connectivity index (χ3n) is 2.79. The van der Waals surface area contributed by atoms with E-state index in [0.29, 0.717) is 6.04 Å². The minimum absolute atomic E-state index is 0.494. The molecule has 0 N–H and O–H groups in total. The lowest BCUT2D eigenvalue weighted by Crippen LogP contribution is -2.33. The number of carbonyl (C=O) groups is 1. The van der Waals surface area contributed by atoms with Crippen LogP contribution in [0.1, 0.15) is 32.6 Å². The van der Waals surface area contributed by atoms with E-state index in [-0.39, 0.29) is 0 Å².